The summed E-state index contributed by atoms with van der Waals surface area (Å²) in [5.41, 5.74) is 7.29. The summed E-state index contributed by atoms with van der Waals surface area (Å²) in [6.45, 7) is 0.630. The van der Waals surface area contributed by atoms with E-state index in [0.717, 1.165) is 18.6 Å². The number of hydrogen-bond donors (Lipinski definition) is 3. The Morgan fingerprint density at radius 3 is 2.22 bits per heavy atom. The van der Waals surface area contributed by atoms with Gasteiger partial charge in [0, 0.05) is 12.2 Å². The molecule has 3 rings (SSSR count). The number of aromatic nitrogens is 2. The first-order valence-corrected chi connectivity index (χ1v) is 8.26. The van der Waals surface area contributed by atoms with Crippen LogP contribution in [0.3, 0.4) is 0 Å². The van der Waals surface area contributed by atoms with Crippen molar-refractivity contribution in [1.29, 1.82) is 0 Å². The Morgan fingerprint density at radius 2 is 1.56 bits per heavy atom. The lowest BCUT2D eigenvalue weighted by Gasteiger charge is -2.13. The van der Waals surface area contributed by atoms with Crippen molar-refractivity contribution < 1.29 is 13.2 Å². The molecule has 27 heavy (non-hydrogen) atoms. The van der Waals surface area contributed by atoms with Crippen LogP contribution in [0.25, 0.3) is 0 Å². The molecule has 0 bridgehead atoms. The van der Waals surface area contributed by atoms with E-state index in [1.807, 2.05) is 30.3 Å². The Bertz CT molecular complexity index is 880. The van der Waals surface area contributed by atoms with E-state index in [-0.39, 0.29) is 0 Å². The summed E-state index contributed by atoms with van der Waals surface area (Å²) in [6, 6.07) is 14.6. The van der Waals surface area contributed by atoms with Crippen molar-refractivity contribution >= 4 is 23.0 Å². The molecule has 0 radical (unpaired) electrons. The second kappa shape index (κ2) is 7.94. The van der Waals surface area contributed by atoms with Gasteiger partial charge in [-0.15, -0.1) is 0 Å². The molecule has 0 saturated heterocycles. The van der Waals surface area contributed by atoms with Crippen molar-refractivity contribution in [3.8, 4) is 0 Å². The zero-order chi connectivity index (χ0) is 19.3. The zero-order valence-electron chi connectivity index (χ0n) is 14.3. The normalized spacial score (nSPS) is 11.2. The Hall–Kier alpha value is -3.29. The van der Waals surface area contributed by atoms with Gasteiger partial charge in [-0.05, 0) is 36.2 Å². The van der Waals surface area contributed by atoms with Gasteiger partial charge in [-0.3, -0.25) is 0 Å². The quantitative estimate of drug-likeness (QED) is 0.594. The smallest absolute Gasteiger partial charge is 0.393 e. The Morgan fingerprint density at radius 1 is 0.889 bits per heavy atom. The topological polar surface area (TPSA) is 75.9 Å². The molecule has 1 heterocycles. The number of nitrogens with two attached hydrogens (primary N) is 1. The summed E-state index contributed by atoms with van der Waals surface area (Å²) < 4.78 is 37.9. The maximum atomic E-state index is 12.6. The number of nitrogens with one attached hydrogen (secondary N) is 2. The number of nitrogen functional groups attached to an aromatic ring is 1. The van der Waals surface area contributed by atoms with Gasteiger partial charge in [0.2, 0.25) is 0 Å². The third-order valence-corrected chi connectivity index (χ3v) is 3.91. The molecule has 0 saturated carbocycles. The van der Waals surface area contributed by atoms with Gasteiger partial charge in [0.15, 0.2) is 11.6 Å². The molecule has 2 aromatic carbocycles. The predicted molar refractivity (Wildman–Crippen MR) is 99.8 cm³/mol. The van der Waals surface area contributed by atoms with Crippen LogP contribution < -0.4 is 16.4 Å². The molecule has 140 valence electrons. The molecule has 1 aromatic heterocycles. The zero-order valence-corrected chi connectivity index (χ0v) is 14.3. The molecule has 5 nitrogen and oxygen atoms in total. The third-order valence-electron chi connectivity index (χ3n) is 3.91. The van der Waals surface area contributed by atoms with Crippen LogP contribution in [0.5, 0.6) is 0 Å². The van der Waals surface area contributed by atoms with Gasteiger partial charge < -0.3 is 16.4 Å². The minimum Gasteiger partial charge on any atom is -0.393 e. The van der Waals surface area contributed by atoms with Gasteiger partial charge in [-0.25, -0.2) is 9.97 Å². The number of benzene rings is 2. The summed E-state index contributed by atoms with van der Waals surface area (Å²) in [5, 5.41) is 6.07. The van der Waals surface area contributed by atoms with Crippen LogP contribution in [0.1, 0.15) is 11.1 Å². The molecule has 3 aromatic rings. The number of nitrogens with zero attached hydrogens (tertiary/aromatic N) is 2. The molecule has 0 aliphatic heterocycles. The van der Waals surface area contributed by atoms with Gasteiger partial charge in [-0.1, -0.05) is 30.3 Å². The van der Waals surface area contributed by atoms with E-state index >= 15 is 0 Å². The lowest BCUT2D eigenvalue weighted by Crippen LogP contribution is -2.10. The van der Waals surface area contributed by atoms with Gasteiger partial charge in [0.25, 0.3) is 0 Å². The van der Waals surface area contributed by atoms with Gasteiger partial charge in [0.1, 0.15) is 12.0 Å². The lowest BCUT2D eigenvalue weighted by molar-refractivity contribution is -0.137. The summed E-state index contributed by atoms with van der Waals surface area (Å²) in [6.07, 6.45) is -2.23. The fourth-order valence-corrected chi connectivity index (χ4v) is 2.49. The Labute approximate surface area is 154 Å². The molecule has 0 amide bonds. The molecule has 4 N–H and O–H groups in total. The van der Waals surface area contributed by atoms with Gasteiger partial charge in [0.05, 0.1) is 5.56 Å². The van der Waals surface area contributed by atoms with Crippen molar-refractivity contribution in [3.63, 3.8) is 0 Å². The Balaban J connectivity index is 1.65. The minimum atomic E-state index is -4.37. The van der Waals surface area contributed by atoms with E-state index in [0.29, 0.717) is 29.6 Å². The highest BCUT2D eigenvalue weighted by molar-refractivity contribution is 5.77. The van der Waals surface area contributed by atoms with E-state index < -0.39 is 11.7 Å². The maximum absolute atomic E-state index is 12.6. The fourth-order valence-electron chi connectivity index (χ4n) is 2.49. The van der Waals surface area contributed by atoms with E-state index in [2.05, 4.69) is 20.6 Å². The van der Waals surface area contributed by atoms with Crippen molar-refractivity contribution in [2.75, 3.05) is 22.9 Å². The van der Waals surface area contributed by atoms with E-state index in [9.17, 15) is 13.2 Å². The van der Waals surface area contributed by atoms with Crippen LogP contribution in [-0.2, 0) is 12.6 Å². The monoisotopic (exact) mass is 373 g/mol. The van der Waals surface area contributed by atoms with Crippen LogP contribution >= 0.6 is 0 Å². The largest absolute Gasteiger partial charge is 0.416 e. The molecule has 0 aliphatic carbocycles. The molecular weight excluding hydrogens is 355 g/mol. The first-order valence-electron chi connectivity index (χ1n) is 8.26. The molecule has 0 spiro atoms. The van der Waals surface area contributed by atoms with Crippen LogP contribution in [0, 0.1) is 0 Å². The van der Waals surface area contributed by atoms with Gasteiger partial charge in [-0.2, -0.15) is 13.2 Å². The number of rotatable bonds is 6. The highest BCUT2D eigenvalue weighted by atomic mass is 19.4. The summed E-state index contributed by atoms with van der Waals surface area (Å²) in [4.78, 5) is 8.18. The highest BCUT2D eigenvalue weighted by Crippen LogP contribution is 2.31. The highest BCUT2D eigenvalue weighted by Gasteiger charge is 2.29. The molecule has 0 aliphatic rings. The maximum Gasteiger partial charge on any atom is 0.416 e. The standard InChI is InChI=1S/C19H18F3N5/c20-19(21,22)14-6-8-15(9-7-14)27-18-16(23)17(25-12-26-18)24-11-10-13-4-2-1-3-5-13/h1-9,12H,10-11,23H2,(H2,24,25,26,27). The third kappa shape index (κ3) is 4.87. The first kappa shape index (κ1) is 18.5. The first-order chi connectivity index (χ1) is 12.9. The molecular formula is C19H18F3N5. The van der Waals surface area contributed by atoms with E-state index in [4.69, 9.17) is 5.73 Å². The molecule has 0 fully saturated rings. The fraction of sp³-hybridized carbons (Fsp3) is 0.158. The van der Waals surface area contributed by atoms with Crippen LogP contribution in [0.15, 0.2) is 60.9 Å². The second-order valence-corrected chi connectivity index (χ2v) is 5.85. The number of hydrogen-bond acceptors (Lipinski definition) is 5. The number of alkyl halides is 3. The van der Waals surface area contributed by atoms with E-state index in [1.54, 1.807) is 0 Å². The van der Waals surface area contributed by atoms with Crippen LogP contribution in [0.4, 0.5) is 36.2 Å². The lowest BCUT2D eigenvalue weighted by atomic mass is 10.1. The molecule has 0 atom stereocenters. The minimum absolute atomic E-state index is 0.297. The SMILES string of the molecule is Nc1c(NCCc2ccccc2)ncnc1Nc1ccc(C(F)(F)F)cc1. The van der Waals surface area contributed by atoms with E-state index in [1.165, 1.54) is 24.0 Å². The Kier molecular flexibility index (Phi) is 5.44. The van der Waals surface area contributed by atoms with Gasteiger partial charge >= 0.3 is 6.18 Å². The van der Waals surface area contributed by atoms with Crippen molar-refractivity contribution in [1.82, 2.24) is 9.97 Å². The predicted octanol–water partition coefficient (Wildman–Crippen LogP) is 4.48. The number of anilines is 4. The molecule has 8 heteroatoms. The molecule has 0 unspecified atom stereocenters. The summed E-state index contributed by atoms with van der Waals surface area (Å²) >= 11 is 0. The van der Waals surface area contributed by atoms with Crippen LogP contribution in [0.2, 0.25) is 0 Å². The summed E-state index contributed by atoms with van der Waals surface area (Å²) in [5.74, 6) is 0.794. The average molecular weight is 373 g/mol. The van der Waals surface area contributed by atoms with Crippen molar-refractivity contribution in [2.24, 2.45) is 0 Å². The van der Waals surface area contributed by atoms with Crippen molar-refractivity contribution in [2.45, 2.75) is 12.6 Å². The average Bonchev–Trinajstić information content (AvgIpc) is 2.65. The second-order valence-electron chi connectivity index (χ2n) is 5.85. The van der Waals surface area contributed by atoms with Crippen LogP contribution in [-0.4, -0.2) is 16.5 Å². The van der Waals surface area contributed by atoms with Crippen molar-refractivity contribution in [3.05, 3.63) is 72.1 Å². The number of halogens is 3. The summed E-state index contributed by atoms with van der Waals surface area (Å²) in [7, 11) is 0.